The van der Waals surface area contributed by atoms with Crippen molar-refractivity contribution in [3.63, 3.8) is 0 Å². The molecule has 0 atom stereocenters. The van der Waals surface area contributed by atoms with E-state index in [-0.39, 0.29) is 0 Å². The predicted octanol–water partition coefficient (Wildman–Crippen LogP) is 5.06. The lowest BCUT2D eigenvalue weighted by molar-refractivity contribution is -0.0298. The second-order valence-electron chi connectivity index (χ2n) is 7.62. The SMILES string of the molecule is CCCc1cccc(C2(O)CCC(C(C)(C)C)CC2)c1. The van der Waals surface area contributed by atoms with Gasteiger partial charge in [0.15, 0.2) is 0 Å². The molecular formula is C19H30O. The molecule has 2 rings (SSSR count). The molecule has 0 radical (unpaired) electrons. The first-order chi connectivity index (χ1) is 9.35. The lowest BCUT2D eigenvalue weighted by Gasteiger charge is -2.41. The number of aliphatic hydroxyl groups is 1. The maximum Gasteiger partial charge on any atom is 0.0896 e. The number of hydrogen-bond acceptors (Lipinski definition) is 1. The van der Waals surface area contributed by atoms with Crippen LogP contribution in [0, 0.1) is 11.3 Å². The quantitative estimate of drug-likeness (QED) is 0.816. The highest BCUT2D eigenvalue weighted by molar-refractivity contribution is 5.29. The average Bonchev–Trinajstić information content (AvgIpc) is 2.39. The van der Waals surface area contributed by atoms with E-state index < -0.39 is 5.60 Å². The predicted molar refractivity (Wildman–Crippen MR) is 85.7 cm³/mol. The Morgan fingerprint density at radius 3 is 2.40 bits per heavy atom. The van der Waals surface area contributed by atoms with Crippen molar-refractivity contribution in [1.82, 2.24) is 0 Å². The number of aryl methyl sites for hydroxylation is 1. The lowest BCUT2D eigenvalue weighted by Crippen LogP contribution is -2.35. The summed E-state index contributed by atoms with van der Waals surface area (Å²) in [6.07, 6.45) is 6.35. The van der Waals surface area contributed by atoms with Crippen LogP contribution in [-0.4, -0.2) is 5.11 Å². The molecule has 1 aromatic carbocycles. The second kappa shape index (κ2) is 5.89. The summed E-state index contributed by atoms with van der Waals surface area (Å²) in [5.74, 6) is 0.738. The van der Waals surface area contributed by atoms with Gasteiger partial charge in [0.05, 0.1) is 5.60 Å². The highest BCUT2D eigenvalue weighted by Gasteiger charge is 2.38. The molecule has 1 heteroatoms. The summed E-state index contributed by atoms with van der Waals surface area (Å²) < 4.78 is 0. The van der Waals surface area contributed by atoms with Crippen molar-refractivity contribution in [2.24, 2.45) is 11.3 Å². The summed E-state index contributed by atoms with van der Waals surface area (Å²) in [5.41, 5.74) is 2.27. The minimum atomic E-state index is -0.592. The molecule has 0 unspecified atom stereocenters. The molecule has 1 aromatic rings. The third kappa shape index (κ3) is 3.44. The molecule has 1 nitrogen and oxygen atoms in total. The molecule has 1 aliphatic carbocycles. The van der Waals surface area contributed by atoms with Gasteiger partial charge in [-0.3, -0.25) is 0 Å². The molecule has 1 aliphatic rings. The first-order valence-corrected chi connectivity index (χ1v) is 8.17. The Kier molecular flexibility index (Phi) is 4.59. The molecular weight excluding hydrogens is 244 g/mol. The maximum atomic E-state index is 11.0. The summed E-state index contributed by atoms with van der Waals surface area (Å²) in [6, 6.07) is 8.61. The molecule has 0 heterocycles. The van der Waals surface area contributed by atoms with Crippen molar-refractivity contribution in [3.8, 4) is 0 Å². The van der Waals surface area contributed by atoms with Gasteiger partial charge in [0.1, 0.15) is 0 Å². The van der Waals surface area contributed by atoms with Gasteiger partial charge in [-0.2, -0.15) is 0 Å². The van der Waals surface area contributed by atoms with Crippen molar-refractivity contribution in [3.05, 3.63) is 35.4 Å². The normalized spacial score (nSPS) is 27.6. The van der Waals surface area contributed by atoms with Crippen LogP contribution < -0.4 is 0 Å². The molecule has 0 saturated heterocycles. The molecule has 0 aromatic heterocycles. The van der Waals surface area contributed by atoms with Crippen LogP contribution in [0.4, 0.5) is 0 Å². The van der Waals surface area contributed by atoms with Gasteiger partial charge in [-0.25, -0.2) is 0 Å². The summed E-state index contributed by atoms with van der Waals surface area (Å²) >= 11 is 0. The number of benzene rings is 1. The zero-order valence-electron chi connectivity index (χ0n) is 13.6. The van der Waals surface area contributed by atoms with Crippen molar-refractivity contribution in [1.29, 1.82) is 0 Å². The maximum absolute atomic E-state index is 11.0. The summed E-state index contributed by atoms with van der Waals surface area (Å²) in [6.45, 7) is 9.17. The summed E-state index contributed by atoms with van der Waals surface area (Å²) in [5, 5.41) is 11.0. The van der Waals surface area contributed by atoms with Crippen LogP contribution in [-0.2, 0) is 12.0 Å². The zero-order chi connectivity index (χ0) is 14.8. The Bertz CT molecular complexity index is 433. The van der Waals surface area contributed by atoms with E-state index in [2.05, 4.69) is 52.0 Å². The van der Waals surface area contributed by atoms with E-state index in [1.54, 1.807) is 0 Å². The Morgan fingerprint density at radius 2 is 1.85 bits per heavy atom. The molecule has 0 amide bonds. The van der Waals surface area contributed by atoms with Crippen LogP contribution in [0.1, 0.15) is 70.9 Å². The third-order valence-corrected chi connectivity index (χ3v) is 5.04. The smallest absolute Gasteiger partial charge is 0.0896 e. The fourth-order valence-electron chi connectivity index (χ4n) is 3.56. The second-order valence-corrected chi connectivity index (χ2v) is 7.62. The van der Waals surface area contributed by atoms with Gasteiger partial charge in [0.2, 0.25) is 0 Å². The van der Waals surface area contributed by atoms with E-state index in [1.807, 2.05) is 0 Å². The van der Waals surface area contributed by atoms with E-state index in [4.69, 9.17) is 0 Å². The van der Waals surface area contributed by atoms with E-state index >= 15 is 0 Å². The zero-order valence-corrected chi connectivity index (χ0v) is 13.6. The fourth-order valence-corrected chi connectivity index (χ4v) is 3.56. The topological polar surface area (TPSA) is 20.2 Å². The van der Waals surface area contributed by atoms with Crippen LogP contribution in [0.3, 0.4) is 0 Å². The molecule has 1 saturated carbocycles. The van der Waals surface area contributed by atoms with Crippen molar-refractivity contribution >= 4 is 0 Å². The van der Waals surface area contributed by atoms with Gasteiger partial charge in [-0.1, -0.05) is 58.4 Å². The summed E-state index contributed by atoms with van der Waals surface area (Å²) in [7, 11) is 0. The van der Waals surface area contributed by atoms with Crippen LogP contribution >= 0.6 is 0 Å². The van der Waals surface area contributed by atoms with Crippen molar-refractivity contribution < 1.29 is 5.11 Å². The van der Waals surface area contributed by atoms with Crippen molar-refractivity contribution in [2.75, 3.05) is 0 Å². The minimum Gasteiger partial charge on any atom is -0.385 e. The lowest BCUT2D eigenvalue weighted by atomic mass is 9.67. The monoisotopic (exact) mass is 274 g/mol. The number of hydrogen-bond donors (Lipinski definition) is 1. The molecule has 1 N–H and O–H groups in total. The third-order valence-electron chi connectivity index (χ3n) is 5.04. The molecule has 0 bridgehead atoms. The van der Waals surface area contributed by atoms with Gasteiger partial charge in [-0.05, 0) is 54.6 Å². The molecule has 112 valence electrons. The highest BCUT2D eigenvalue weighted by Crippen LogP contribution is 2.45. The Labute approximate surface area is 124 Å². The van der Waals surface area contributed by atoms with E-state index in [1.165, 1.54) is 5.56 Å². The highest BCUT2D eigenvalue weighted by atomic mass is 16.3. The van der Waals surface area contributed by atoms with Crippen LogP contribution in [0.15, 0.2) is 24.3 Å². The van der Waals surface area contributed by atoms with Crippen LogP contribution in [0.25, 0.3) is 0 Å². The molecule has 0 spiro atoms. The van der Waals surface area contributed by atoms with Gasteiger partial charge in [0.25, 0.3) is 0 Å². The Hall–Kier alpha value is -0.820. The first-order valence-electron chi connectivity index (χ1n) is 8.17. The van der Waals surface area contributed by atoms with Crippen LogP contribution in [0.5, 0.6) is 0 Å². The first kappa shape index (κ1) is 15.6. The summed E-state index contributed by atoms with van der Waals surface area (Å²) in [4.78, 5) is 0. The average molecular weight is 274 g/mol. The molecule has 1 fully saturated rings. The van der Waals surface area contributed by atoms with Gasteiger partial charge < -0.3 is 5.11 Å². The number of rotatable bonds is 3. The standard InChI is InChI=1S/C19H30O/c1-5-7-15-8-6-9-17(14-15)19(20)12-10-16(11-13-19)18(2,3)4/h6,8-9,14,16,20H,5,7,10-13H2,1-4H3. The van der Waals surface area contributed by atoms with Crippen molar-refractivity contribution in [2.45, 2.75) is 71.8 Å². The Morgan fingerprint density at radius 1 is 1.20 bits per heavy atom. The molecule has 0 aliphatic heterocycles. The van der Waals surface area contributed by atoms with Crippen LogP contribution in [0.2, 0.25) is 0 Å². The van der Waals surface area contributed by atoms with Gasteiger partial charge in [0, 0.05) is 0 Å². The van der Waals surface area contributed by atoms with Gasteiger partial charge >= 0.3 is 0 Å². The largest absolute Gasteiger partial charge is 0.385 e. The molecule has 20 heavy (non-hydrogen) atoms. The van der Waals surface area contributed by atoms with E-state index in [0.29, 0.717) is 5.41 Å². The Balaban J connectivity index is 2.11. The minimum absolute atomic E-state index is 0.366. The van der Waals surface area contributed by atoms with E-state index in [0.717, 1.165) is 50.0 Å². The van der Waals surface area contributed by atoms with Gasteiger partial charge in [-0.15, -0.1) is 0 Å². The fraction of sp³-hybridized carbons (Fsp3) is 0.684. The van der Waals surface area contributed by atoms with E-state index in [9.17, 15) is 5.11 Å².